The van der Waals surface area contributed by atoms with Crippen LogP contribution in [0.15, 0.2) is 40.7 Å². The SMILES string of the molecule is CN=C(NCCc1nc(C(F)(F)F)cs1)NCC(C)Oc1ccccc1.I. The summed E-state index contributed by atoms with van der Waals surface area (Å²) in [6.07, 6.45) is -4.09. The molecule has 0 spiro atoms. The Morgan fingerprint density at radius 3 is 2.56 bits per heavy atom. The molecule has 2 N–H and O–H groups in total. The molecule has 0 aliphatic rings. The van der Waals surface area contributed by atoms with Crippen molar-refractivity contribution in [3.05, 3.63) is 46.4 Å². The van der Waals surface area contributed by atoms with Crippen molar-refractivity contribution in [3.63, 3.8) is 0 Å². The Labute approximate surface area is 177 Å². The van der Waals surface area contributed by atoms with Gasteiger partial charge in [-0.25, -0.2) is 4.98 Å². The van der Waals surface area contributed by atoms with Crippen LogP contribution < -0.4 is 15.4 Å². The molecular weight excluding hydrogens is 492 g/mol. The number of thiazole rings is 1. The summed E-state index contributed by atoms with van der Waals surface area (Å²) in [6, 6.07) is 9.48. The van der Waals surface area contributed by atoms with Crippen molar-refractivity contribution in [2.24, 2.45) is 4.99 Å². The lowest BCUT2D eigenvalue weighted by Gasteiger charge is -2.17. The van der Waals surface area contributed by atoms with Gasteiger partial charge in [0.15, 0.2) is 11.7 Å². The number of hydrogen-bond donors (Lipinski definition) is 2. The monoisotopic (exact) mass is 514 g/mol. The fourth-order valence-electron chi connectivity index (χ4n) is 2.08. The third-order valence-electron chi connectivity index (χ3n) is 3.33. The van der Waals surface area contributed by atoms with E-state index in [2.05, 4.69) is 20.6 Å². The zero-order valence-corrected chi connectivity index (χ0v) is 18.1. The number of halogens is 4. The smallest absolute Gasteiger partial charge is 0.434 e. The van der Waals surface area contributed by atoms with Crippen molar-refractivity contribution in [1.29, 1.82) is 0 Å². The molecule has 1 unspecified atom stereocenters. The molecule has 0 saturated heterocycles. The van der Waals surface area contributed by atoms with Crippen LogP contribution in [-0.4, -0.2) is 37.2 Å². The Bertz CT molecular complexity index is 710. The van der Waals surface area contributed by atoms with Gasteiger partial charge in [0.25, 0.3) is 0 Å². The third kappa shape index (κ3) is 8.33. The average Bonchev–Trinajstić information content (AvgIpc) is 3.08. The zero-order chi connectivity index (χ0) is 19.0. The van der Waals surface area contributed by atoms with Gasteiger partial charge in [0.05, 0.1) is 11.6 Å². The lowest BCUT2D eigenvalue weighted by atomic mass is 10.3. The van der Waals surface area contributed by atoms with E-state index in [4.69, 9.17) is 4.74 Å². The van der Waals surface area contributed by atoms with Gasteiger partial charge in [-0.15, -0.1) is 35.3 Å². The Balaban J connectivity index is 0.00000364. The van der Waals surface area contributed by atoms with Gasteiger partial charge in [-0.05, 0) is 19.1 Å². The van der Waals surface area contributed by atoms with Crippen molar-refractivity contribution >= 4 is 41.3 Å². The number of aliphatic imine (C=N–C) groups is 1. The second-order valence-corrected chi connectivity index (χ2v) is 6.44. The maximum absolute atomic E-state index is 12.5. The van der Waals surface area contributed by atoms with Crippen molar-refractivity contribution < 1.29 is 17.9 Å². The fraction of sp³-hybridized carbons (Fsp3) is 0.412. The van der Waals surface area contributed by atoms with Gasteiger partial charge in [-0.3, -0.25) is 4.99 Å². The molecular formula is C17H22F3IN4OS. The number of para-hydroxylation sites is 1. The molecule has 150 valence electrons. The van der Waals surface area contributed by atoms with Crippen LogP contribution in [0.2, 0.25) is 0 Å². The molecule has 0 amide bonds. The number of guanidine groups is 1. The quantitative estimate of drug-likeness (QED) is 0.334. The van der Waals surface area contributed by atoms with E-state index in [0.29, 0.717) is 30.5 Å². The van der Waals surface area contributed by atoms with E-state index in [-0.39, 0.29) is 30.1 Å². The first-order valence-corrected chi connectivity index (χ1v) is 8.94. The highest BCUT2D eigenvalue weighted by Gasteiger charge is 2.33. The van der Waals surface area contributed by atoms with Crippen molar-refractivity contribution in [3.8, 4) is 5.75 Å². The minimum atomic E-state index is -4.39. The average molecular weight is 514 g/mol. The number of rotatable bonds is 7. The number of benzene rings is 1. The van der Waals surface area contributed by atoms with Gasteiger partial charge < -0.3 is 15.4 Å². The molecule has 1 aromatic heterocycles. The fourth-order valence-corrected chi connectivity index (χ4v) is 2.88. The zero-order valence-electron chi connectivity index (χ0n) is 14.9. The predicted molar refractivity (Wildman–Crippen MR) is 112 cm³/mol. The molecule has 1 atom stereocenters. The van der Waals surface area contributed by atoms with Crippen LogP contribution in [-0.2, 0) is 12.6 Å². The molecule has 2 rings (SSSR count). The largest absolute Gasteiger partial charge is 0.489 e. The van der Waals surface area contributed by atoms with Crippen molar-refractivity contribution in [2.75, 3.05) is 20.1 Å². The highest BCUT2D eigenvalue weighted by molar-refractivity contribution is 14.0. The van der Waals surface area contributed by atoms with Crippen LogP contribution in [0, 0.1) is 0 Å². The summed E-state index contributed by atoms with van der Waals surface area (Å²) in [6.45, 7) is 2.89. The minimum absolute atomic E-state index is 0. The van der Waals surface area contributed by atoms with Crippen LogP contribution in [0.3, 0.4) is 0 Å². The van der Waals surface area contributed by atoms with Crippen molar-refractivity contribution in [2.45, 2.75) is 25.6 Å². The third-order valence-corrected chi connectivity index (χ3v) is 4.24. The Morgan fingerprint density at radius 2 is 1.96 bits per heavy atom. The summed E-state index contributed by atoms with van der Waals surface area (Å²) < 4.78 is 43.3. The highest BCUT2D eigenvalue weighted by Crippen LogP contribution is 2.29. The maximum Gasteiger partial charge on any atom is 0.434 e. The molecule has 0 aliphatic carbocycles. The summed E-state index contributed by atoms with van der Waals surface area (Å²) in [4.78, 5) is 7.68. The molecule has 0 bridgehead atoms. The summed E-state index contributed by atoms with van der Waals surface area (Å²) in [7, 11) is 1.63. The van der Waals surface area contributed by atoms with Gasteiger partial charge in [-0.2, -0.15) is 13.2 Å². The number of nitrogens with zero attached hydrogens (tertiary/aromatic N) is 2. The first-order chi connectivity index (χ1) is 12.4. The van der Waals surface area contributed by atoms with Crippen LogP contribution in [0.5, 0.6) is 5.75 Å². The van der Waals surface area contributed by atoms with Gasteiger partial charge >= 0.3 is 6.18 Å². The number of hydrogen-bond acceptors (Lipinski definition) is 4. The van der Waals surface area contributed by atoms with E-state index < -0.39 is 11.9 Å². The second kappa shape index (κ2) is 11.3. The maximum atomic E-state index is 12.5. The van der Waals surface area contributed by atoms with E-state index in [0.717, 1.165) is 22.5 Å². The first kappa shape index (κ1) is 23.5. The van der Waals surface area contributed by atoms with Crippen LogP contribution >= 0.6 is 35.3 Å². The molecule has 1 heterocycles. The normalized spacial score (nSPS) is 12.9. The van der Waals surface area contributed by atoms with Gasteiger partial charge in [0.2, 0.25) is 0 Å². The summed E-state index contributed by atoms with van der Waals surface area (Å²) in [5.41, 5.74) is -0.841. The first-order valence-electron chi connectivity index (χ1n) is 8.06. The molecule has 0 saturated carbocycles. The number of aromatic nitrogens is 1. The molecule has 1 aromatic carbocycles. The second-order valence-electron chi connectivity index (χ2n) is 5.50. The van der Waals surface area contributed by atoms with E-state index in [1.165, 1.54) is 0 Å². The predicted octanol–water partition coefficient (Wildman–Crippen LogP) is 3.95. The summed E-state index contributed by atoms with van der Waals surface area (Å²) in [5.74, 6) is 1.34. The Morgan fingerprint density at radius 1 is 1.26 bits per heavy atom. The van der Waals surface area contributed by atoms with Crippen LogP contribution in [0.1, 0.15) is 17.6 Å². The lowest BCUT2D eigenvalue weighted by Crippen LogP contribution is -2.42. The molecule has 10 heteroatoms. The number of nitrogens with one attached hydrogen (secondary N) is 2. The summed E-state index contributed by atoms with van der Waals surface area (Å²) >= 11 is 1.00. The van der Waals surface area contributed by atoms with Crippen molar-refractivity contribution in [1.82, 2.24) is 15.6 Å². The van der Waals surface area contributed by atoms with E-state index >= 15 is 0 Å². The molecule has 27 heavy (non-hydrogen) atoms. The van der Waals surface area contributed by atoms with E-state index in [1.807, 2.05) is 37.3 Å². The molecule has 5 nitrogen and oxygen atoms in total. The standard InChI is InChI=1S/C17H21F3N4OS.HI/c1-12(25-13-6-4-3-5-7-13)10-23-16(21-2)22-9-8-15-24-14(11-26-15)17(18,19)20;/h3-7,11-12H,8-10H2,1-2H3,(H2,21,22,23);1H. The van der Waals surface area contributed by atoms with E-state index in [9.17, 15) is 13.2 Å². The number of ether oxygens (including phenoxy) is 1. The Hall–Kier alpha value is -1.56. The van der Waals surface area contributed by atoms with Crippen LogP contribution in [0.25, 0.3) is 0 Å². The highest BCUT2D eigenvalue weighted by atomic mass is 127. The number of alkyl halides is 3. The lowest BCUT2D eigenvalue weighted by molar-refractivity contribution is -0.140. The molecule has 0 fully saturated rings. The van der Waals surface area contributed by atoms with Gasteiger partial charge in [0.1, 0.15) is 11.9 Å². The molecule has 0 aliphatic heterocycles. The minimum Gasteiger partial charge on any atom is -0.489 e. The van der Waals surface area contributed by atoms with Crippen LogP contribution in [0.4, 0.5) is 13.2 Å². The van der Waals surface area contributed by atoms with E-state index in [1.54, 1.807) is 7.05 Å². The topological polar surface area (TPSA) is 58.5 Å². The molecule has 2 aromatic rings. The van der Waals surface area contributed by atoms with Gasteiger partial charge in [-0.1, -0.05) is 18.2 Å². The van der Waals surface area contributed by atoms with Gasteiger partial charge in [0, 0.05) is 25.4 Å². The molecule has 0 radical (unpaired) electrons. The summed E-state index contributed by atoms with van der Waals surface area (Å²) in [5, 5.41) is 7.64. The Kier molecular flexibility index (Phi) is 9.84.